The zero-order valence-electron chi connectivity index (χ0n) is 13.6. The molecule has 1 amide bonds. The number of nitrogens with zero attached hydrogens (tertiary/aromatic N) is 1. The summed E-state index contributed by atoms with van der Waals surface area (Å²) >= 11 is 7.68. The molecular weight excluding hydrogens is 365 g/mol. The number of aryl methyl sites for hydroxylation is 1. The maximum Gasteiger partial charge on any atom is 0.229 e. The highest BCUT2D eigenvalue weighted by Gasteiger charge is 2.29. The summed E-state index contributed by atoms with van der Waals surface area (Å²) in [7, 11) is 0. The van der Waals surface area contributed by atoms with E-state index in [4.69, 9.17) is 11.6 Å². The lowest BCUT2D eigenvalue weighted by Gasteiger charge is -2.31. The van der Waals surface area contributed by atoms with E-state index in [-0.39, 0.29) is 24.2 Å². The monoisotopic (exact) mass is 385 g/mol. The molecule has 7 heteroatoms. The molecule has 0 spiro atoms. The van der Waals surface area contributed by atoms with Crippen LogP contribution in [0.1, 0.15) is 22.9 Å². The number of nitrogens with one attached hydrogen (secondary N) is 2. The van der Waals surface area contributed by atoms with Crippen LogP contribution < -0.4 is 10.6 Å². The Labute approximate surface area is 157 Å². The van der Waals surface area contributed by atoms with Crippen LogP contribution in [0.25, 0.3) is 0 Å². The van der Waals surface area contributed by atoms with E-state index in [1.165, 1.54) is 11.3 Å². The summed E-state index contributed by atoms with van der Waals surface area (Å²) < 4.78 is 0. The van der Waals surface area contributed by atoms with Crippen LogP contribution in [0.2, 0.25) is 5.02 Å². The number of carbonyl (C=O) groups excluding carboxylic acids is 1. The van der Waals surface area contributed by atoms with Crippen molar-refractivity contribution in [1.82, 2.24) is 10.3 Å². The van der Waals surface area contributed by atoms with Crippen molar-refractivity contribution in [3.8, 4) is 0 Å². The molecule has 2 aromatic rings. The Morgan fingerprint density at radius 3 is 2.88 bits per heavy atom. The Hall–Kier alpha value is -1.14. The number of thiazole rings is 1. The van der Waals surface area contributed by atoms with Crippen molar-refractivity contribution in [2.45, 2.75) is 20.3 Å². The molecule has 1 aliphatic rings. The van der Waals surface area contributed by atoms with Gasteiger partial charge in [-0.2, -0.15) is 0 Å². The molecule has 1 aromatic heterocycles. The van der Waals surface area contributed by atoms with E-state index < -0.39 is 0 Å². The van der Waals surface area contributed by atoms with Crippen molar-refractivity contribution in [2.24, 2.45) is 11.8 Å². The molecule has 1 aromatic carbocycles. The standard InChI is InChI=1S/C17H20ClN3OS.ClH/c1-10-3-4-12(6-15(10)18)5-14-9-20-17(23-14)21-16(22)11(2)13-7-19-8-13;/h3-4,6,9,11,13,19H,5,7-8H2,1-2H3,(H,20,21,22);1H. The number of hydrogen-bond donors (Lipinski definition) is 2. The number of aromatic nitrogens is 1. The van der Waals surface area contributed by atoms with E-state index >= 15 is 0 Å². The molecule has 0 bridgehead atoms. The second-order valence-electron chi connectivity index (χ2n) is 6.09. The molecular formula is C17H21Cl2N3OS. The van der Waals surface area contributed by atoms with E-state index in [0.717, 1.165) is 40.5 Å². The minimum Gasteiger partial charge on any atom is -0.316 e. The van der Waals surface area contributed by atoms with Gasteiger partial charge in [0.25, 0.3) is 0 Å². The van der Waals surface area contributed by atoms with Crippen LogP contribution in [0.4, 0.5) is 5.13 Å². The van der Waals surface area contributed by atoms with Crippen molar-refractivity contribution < 1.29 is 4.79 Å². The summed E-state index contributed by atoms with van der Waals surface area (Å²) in [6.45, 7) is 5.81. The van der Waals surface area contributed by atoms with Gasteiger partial charge in [-0.25, -0.2) is 4.98 Å². The first-order valence-electron chi connectivity index (χ1n) is 7.74. The Kier molecular flexibility index (Phi) is 6.63. The number of halogens is 2. The number of carbonyl (C=O) groups is 1. The fourth-order valence-corrected chi connectivity index (χ4v) is 3.55. The molecule has 1 fully saturated rings. The fraction of sp³-hybridized carbons (Fsp3) is 0.412. The van der Waals surface area contributed by atoms with Gasteiger partial charge in [-0.05, 0) is 43.1 Å². The lowest BCUT2D eigenvalue weighted by molar-refractivity contribution is -0.121. The lowest BCUT2D eigenvalue weighted by Crippen LogP contribution is -2.48. The average molecular weight is 386 g/mol. The summed E-state index contributed by atoms with van der Waals surface area (Å²) in [6.07, 6.45) is 2.60. The minimum atomic E-state index is 0. The topological polar surface area (TPSA) is 54.0 Å². The maximum atomic E-state index is 12.2. The second kappa shape index (κ2) is 8.30. The Bertz CT molecular complexity index is 716. The normalized spacial score (nSPS) is 15.3. The van der Waals surface area contributed by atoms with Crippen LogP contribution in [-0.4, -0.2) is 24.0 Å². The third kappa shape index (κ3) is 4.48. The number of amides is 1. The highest BCUT2D eigenvalue weighted by molar-refractivity contribution is 7.15. The second-order valence-corrected chi connectivity index (χ2v) is 7.61. The van der Waals surface area contributed by atoms with Gasteiger partial charge >= 0.3 is 0 Å². The average Bonchev–Trinajstić information content (AvgIpc) is 2.88. The summed E-state index contributed by atoms with van der Waals surface area (Å²) in [5.74, 6) is 0.499. The van der Waals surface area contributed by atoms with Crippen molar-refractivity contribution in [2.75, 3.05) is 18.4 Å². The molecule has 0 radical (unpaired) electrons. The summed E-state index contributed by atoms with van der Waals surface area (Å²) in [6, 6.07) is 6.08. The van der Waals surface area contributed by atoms with Gasteiger partial charge in [-0.1, -0.05) is 30.7 Å². The third-order valence-corrected chi connectivity index (χ3v) is 5.65. The smallest absolute Gasteiger partial charge is 0.229 e. The third-order valence-electron chi connectivity index (χ3n) is 4.33. The Balaban J connectivity index is 0.00000208. The molecule has 3 rings (SSSR count). The molecule has 4 nitrogen and oxygen atoms in total. The van der Waals surface area contributed by atoms with Crippen LogP contribution in [-0.2, 0) is 11.2 Å². The number of rotatable bonds is 5. The van der Waals surface area contributed by atoms with Gasteiger partial charge < -0.3 is 10.6 Å². The zero-order valence-corrected chi connectivity index (χ0v) is 16.0. The number of hydrogen-bond acceptors (Lipinski definition) is 4. The minimum absolute atomic E-state index is 0. The first-order chi connectivity index (χ1) is 11.0. The first-order valence-corrected chi connectivity index (χ1v) is 8.93. The highest BCUT2D eigenvalue weighted by Crippen LogP contribution is 2.25. The van der Waals surface area contributed by atoms with E-state index in [1.807, 2.05) is 32.2 Å². The van der Waals surface area contributed by atoms with Crippen LogP contribution in [0.15, 0.2) is 24.4 Å². The van der Waals surface area contributed by atoms with Crippen molar-refractivity contribution in [1.29, 1.82) is 0 Å². The molecule has 0 aliphatic carbocycles. The molecule has 130 valence electrons. The predicted molar refractivity (Wildman–Crippen MR) is 103 cm³/mol. The molecule has 24 heavy (non-hydrogen) atoms. The number of benzene rings is 1. The molecule has 1 unspecified atom stereocenters. The zero-order chi connectivity index (χ0) is 16.4. The summed E-state index contributed by atoms with van der Waals surface area (Å²) in [5, 5.41) is 7.58. The Morgan fingerprint density at radius 1 is 1.50 bits per heavy atom. The quantitative estimate of drug-likeness (QED) is 0.819. The van der Waals surface area contributed by atoms with Crippen LogP contribution in [0.5, 0.6) is 0 Å². The van der Waals surface area contributed by atoms with Gasteiger partial charge in [-0.15, -0.1) is 23.7 Å². The van der Waals surface area contributed by atoms with E-state index in [2.05, 4.69) is 21.7 Å². The molecule has 0 saturated carbocycles. The molecule has 1 saturated heterocycles. The van der Waals surface area contributed by atoms with Gasteiger partial charge in [0.2, 0.25) is 5.91 Å². The van der Waals surface area contributed by atoms with E-state index in [0.29, 0.717) is 11.0 Å². The molecule has 2 heterocycles. The van der Waals surface area contributed by atoms with Gasteiger partial charge in [0.1, 0.15) is 0 Å². The van der Waals surface area contributed by atoms with Gasteiger partial charge in [0.15, 0.2) is 5.13 Å². The van der Waals surface area contributed by atoms with Crippen LogP contribution in [0, 0.1) is 18.8 Å². The summed E-state index contributed by atoms with van der Waals surface area (Å²) in [5.41, 5.74) is 2.23. The lowest BCUT2D eigenvalue weighted by atomic mass is 9.88. The van der Waals surface area contributed by atoms with Crippen LogP contribution >= 0.6 is 35.3 Å². The molecule has 2 N–H and O–H groups in total. The predicted octanol–water partition coefficient (Wildman–Crippen LogP) is 3.91. The van der Waals surface area contributed by atoms with Gasteiger partial charge in [0, 0.05) is 28.4 Å². The van der Waals surface area contributed by atoms with Crippen molar-refractivity contribution >= 4 is 46.4 Å². The van der Waals surface area contributed by atoms with Crippen molar-refractivity contribution in [3.05, 3.63) is 45.4 Å². The van der Waals surface area contributed by atoms with E-state index in [9.17, 15) is 4.79 Å². The molecule has 1 atom stereocenters. The van der Waals surface area contributed by atoms with Crippen molar-refractivity contribution in [3.63, 3.8) is 0 Å². The fourth-order valence-electron chi connectivity index (χ4n) is 2.49. The summed E-state index contributed by atoms with van der Waals surface area (Å²) in [4.78, 5) is 17.6. The van der Waals surface area contributed by atoms with Gasteiger partial charge in [0.05, 0.1) is 0 Å². The van der Waals surface area contributed by atoms with Gasteiger partial charge in [-0.3, -0.25) is 4.79 Å². The first kappa shape index (κ1) is 19.2. The van der Waals surface area contributed by atoms with Crippen LogP contribution in [0.3, 0.4) is 0 Å². The number of anilines is 1. The SMILES string of the molecule is Cc1ccc(Cc2cnc(NC(=O)C(C)C3CNC3)s2)cc1Cl.Cl. The largest absolute Gasteiger partial charge is 0.316 e. The Morgan fingerprint density at radius 2 is 2.25 bits per heavy atom. The highest BCUT2D eigenvalue weighted by atomic mass is 35.5. The van der Waals surface area contributed by atoms with E-state index in [1.54, 1.807) is 0 Å². The maximum absolute atomic E-state index is 12.2. The molecule has 1 aliphatic heterocycles.